The zero-order chi connectivity index (χ0) is 11.8. The Bertz CT molecular complexity index is 394. The number of morpholine rings is 1. The van der Waals surface area contributed by atoms with Crippen LogP contribution in [0.1, 0.15) is 41.9 Å². The summed E-state index contributed by atoms with van der Waals surface area (Å²) in [6.45, 7) is 4.75. The normalized spacial score (nSPS) is 31.4. The molecule has 0 radical (unpaired) electrons. The molecule has 4 nitrogen and oxygen atoms in total. The fourth-order valence-corrected chi connectivity index (χ4v) is 3.51. The van der Waals surface area contributed by atoms with E-state index in [1.54, 1.807) is 24.5 Å². The average molecular weight is 254 g/mol. The molecule has 1 N–H and O–H groups in total. The first-order valence-electron chi connectivity index (χ1n) is 6.23. The van der Waals surface area contributed by atoms with Crippen molar-refractivity contribution in [3.8, 4) is 0 Å². The molecule has 0 amide bonds. The maximum atomic E-state index is 9.50. The molecule has 1 aromatic rings. The van der Waals surface area contributed by atoms with E-state index >= 15 is 0 Å². The average Bonchev–Trinajstić information content (AvgIpc) is 2.97. The van der Waals surface area contributed by atoms with Crippen LogP contribution in [0.2, 0.25) is 0 Å². The highest BCUT2D eigenvalue weighted by Crippen LogP contribution is 2.33. The van der Waals surface area contributed by atoms with Gasteiger partial charge in [-0.15, -0.1) is 11.3 Å². The van der Waals surface area contributed by atoms with E-state index in [-0.39, 0.29) is 6.10 Å². The molecule has 94 valence electrons. The molecule has 3 atom stereocenters. The lowest BCUT2D eigenvalue weighted by Gasteiger charge is -2.34. The second-order valence-corrected chi connectivity index (χ2v) is 5.98. The molecule has 3 heterocycles. The zero-order valence-electron chi connectivity index (χ0n) is 10.0. The first-order chi connectivity index (χ1) is 8.24. The number of fused-ring (bicyclic) bond motifs is 1. The van der Waals surface area contributed by atoms with E-state index in [4.69, 9.17) is 4.74 Å². The van der Waals surface area contributed by atoms with Gasteiger partial charge >= 0.3 is 0 Å². The van der Waals surface area contributed by atoms with Gasteiger partial charge in [0.15, 0.2) is 0 Å². The number of aromatic nitrogens is 1. The number of aliphatic hydroxyl groups excluding tert-OH is 1. The minimum Gasteiger partial charge on any atom is -0.388 e. The van der Waals surface area contributed by atoms with Crippen molar-refractivity contribution in [3.63, 3.8) is 0 Å². The molecule has 3 rings (SSSR count). The quantitative estimate of drug-likeness (QED) is 0.873. The summed E-state index contributed by atoms with van der Waals surface area (Å²) in [4.78, 5) is 7.82. The summed E-state index contributed by atoms with van der Waals surface area (Å²) in [5.74, 6) is 0. The van der Waals surface area contributed by atoms with Crippen molar-refractivity contribution in [1.82, 2.24) is 9.88 Å². The Kier molecular flexibility index (Phi) is 3.17. The molecule has 0 saturated carbocycles. The Labute approximate surface area is 105 Å². The third-order valence-corrected chi connectivity index (χ3v) is 4.88. The number of thiazole rings is 1. The van der Waals surface area contributed by atoms with Gasteiger partial charge in [-0.1, -0.05) is 0 Å². The molecule has 2 saturated heterocycles. The Morgan fingerprint density at radius 2 is 2.53 bits per heavy atom. The van der Waals surface area contributed by atoms with Crippen LogP contribution in [-0.4, -0.2) is 40.7 Å². The van der Waals surface area contributed by atoms with Crippen LogP contribution in [0.3, 0.4) is 0 Å². The van der Waals surface area contributed by atoms with Gasteiger partial charge in [0.2, 0.25) is 0 Å². The summed E-state index contributed by atoms with van der Waals surface area (Å²) in [5, 5.41) is 10.5. The number of hydrogen-bond donors (Lipinski definition) is 1. The highest BCUT2D eigenvalue weighted by Gasteiger charge is 2.34. The van der Waals surface area contributed by atoms with Crippen molar-refractivity contribution < 1.29 is 9.84 Å². The van der Waals surface area contributed by atoms with Crippen molar-refractivity contribution in [2.45, 2.75) is 38.0 Å². The summed E-state index contributed by atoms with van der Waals surface area (Å²) < 4.78 is 5.90. The van der Waals surface area contributed by atoms with Crippen LogP contribution < -0.4 is 0 Å². The van der Waals surface area contributed by atoms with Gasteiger partial charge in [0.25, 0.3) is 0 Å². The smallest absolute Gasteiger partial charge is 0.123 e. The summed E-state index contributed by atoms with van der Waals surface area (Å²) in [6.07, 6.45) is 4.00. The van der Waals surface area contributed by atoms with Crippen LogP contribution in [0.4, 0.5) is 0 Å². The fraction of sp³-hybridized carbons (Fsp3) is 0.750. The van der Waals surface area contributed by atoms with Crippen molar-refractivity contribution in [3.05, 3.63) is 16.1 Å². The zero-order valence-corrected chi connectivity index (χ0v) is 10.8. The van der Waals surface area contributed by atoms with E-state index in [0.717, 1.165) is 23.0 Å². The lowest BCUT2D eigenvalue weighted by Crippen LogP contribution is -2.42. The second kappa shape index (κ2) is 4.65. The van der Waals surface area contributed by atoms with Gasteiger partial charge in [-0.25, -0.2) is 4.98 Å². The van der Waals surface area contributed by atoms with Crippen molar-refractivity contribution in [2.24, 2.45) is 0 Å². The van der Waals surface area contributed by atoms with E-state index < -0.39 is 6.10 Å². The van der Waals surface area contributed by atoms with Crippen LogP contribution in [0.15, 0.2) is 6.20 Å². The first kappa shape index (κ1) is 11.6. The minimum absolute atomic E-state index is 0.0989. The van der Waals surface area contributed by atoms with Crippen LogP contribution in [0, 0.1) is 0 Å². The Morgan fingerprint density at radius 1 is 1.65 bits per heavy atom. The molecule has 0 spiro atoms. The third-order valence-electron chi connectivity index (χ3n) is 3.62. The summed E-state index contributed by atoms with van der Waals surface area (Å²) >= 11 is 1.57. The number of rotatable bonds is 2. The molecule has 5 heteroatoms. The van der Waals surface area contributed by atoms with Gasteiger partial charge in [0.05, 0.1) is 17.6 Å². The van der Waals surface area contributed by atoms with Crippen molar-refractivity contribution >= 4 is 11.3 Å². The van der Waals surface area contributed by atoms with Gasteiger partial charge in [0.1, 0.15) is 11.1 Å². The number of hydrogen-bond acceptors (Lipinski definition) is 5. The van der Waals surface area contributed by atoms with Gasteiger partial charge < -0.3 is 9.84 Å². The van der Waals surface area contributed by atoms with Crippen LogP contribution in [0.5, 0.6) is 0 Å². The monoisotopic (exact) mass is 254 g/mol. The van der Waals surface area contributed by atoms with Crippen molar-refractivity contribution in [1.29, 1.82) is 0 Å². The van der Waals surface area contributed by atoms with E-state index in [1.807, 2.05) is 0 Å². The first-order valence-corrected chi connectivity index (χ1v) is 7.05. The van der Waals surface area contributed by atoms with Gasteiger partial charge in [-0.3, -0.25) is 4.90 Å². The van der Waals surface area contributed by atoms with Gasteiger partial charge in [-0.2, -0.15) is 0 Å². The Balaban J connectivity index is 1.71. The maximum absolute atomic E-state index is 9.50. The number of ether oxygens (including phenoxy) is 1. The largest absolute Gasteiger partial charge is 0.388 e. The SMILES string of the molecule is CC(O)c1cnc(C2CN3CCCC3CO2)s1. The molecule has 17 heavy (non-hydrogen) atoms. The van der Waals surface area contributed by atoms with E-state index in [0.29, 0.717) is 6.04 Å². The third kappa shape index (κ3) is 2.25. The summed E-state index contributed by atoms with van der Waals surface area (Å²) in [5.41, 5.74) is 0. The molecular formula is C12H18N2O2S. The lowest BCUT2D eigenvalue weighted by atomic mass is 10.2. The highest BCUT2D eigenvalue weighted by atomic mass is 32.1. The molecular weight excluding hydrogens is 236 g/mol. The molecule has 1 aromatic heterocycles. The van der Waals surface area contributed by atoms with Gasteiger partial charge in [-0.05, 0) is 26.3 Å². The number of nitrogens with zero attached hydrogens (tertiary/aromatic N) is 2. The fourth-order valence-electron chi connectivity index (χ4n) is 2.61. The lowest BCUT2D eigenvalue weighted by molar-refractivity contribution is -0.0502. The maximum Gasteiger partial charge on any atom is 0.123 e. The van der Waals surface area contributed by atoms with E-state index in [1.165, 1.54) is 19.4 Å². The molecule has 3 unspecified atom stereocenters. The molecule has 2 fully saturated rings. The van der Waals surface area contributed by atoms with Crippen molar-refractivity contribution in [2.75, 3.05) is 19.7 Å². The molecule has 2 aliphatic rings. The summed E-state index contributed by atoms with van der Waals surface area (Å²) in [6, 6.07) is 0.627. The predicted octanol–water partition coefficient (Wildman–Crippen LogP) is 1.73. The molecule has 0 aliphatic carbocycles. The summed E-state index contributed by atoms with van der Waals surface area (Å²) in [7, 11) is 0. The van der Waals surface area contributed by atoms with E-state index in [2.05, 4.69) is 9.88 Å². The van der Waals surface area contributed by atoms with Crippen LogP contribution in [0.25, 0.3) is 0 Å². The topological polar surface area (TPSA) is 45.6 Å². The highest BCUT2D eigenvalue weighted by molar-refractivity contribution is 7.11. The second-order valence-electron chi connectivity index (χ2n) is 4.89. The predicted molar refractivity (Wildman–Crippen MR) is 66.0 cm³/mol. The van der Waals surface area contributed by atoms with Crippen LogP contribution in [-0.2, 0) is 4.74 Å². The Hall–Kier alpha value is -0.490. The van der Waals surface area contributed by atoms with Gasteiger partial charge in [0, 0.05) is 18.8 Å². The number of aliphatic hydroxyl groups is 1. The molecule has 2 aliphatic heterocycles. The minimum atomic E-state index is -0.427. The van der Waals surface area contributed by atoms with E-state index in [9.17, 15) is 5.11 Å². The molecule has 0 bridgehead atoms. The molecule has 0 aromatic carbocycles. The standard InChI is InChI=1S/C12H18N2O2S/c1-8(15)11-5-13-12(17-11)10-6-14-4-2-3-9(14)7-16-10/h5,8-10,15H,2-4,6-7H2,1H3. The van der Waals surface area contributed by atoms with Crippen LogP contribution >= 0.6 is 11.3 Å². The Morgan fingerprint density at radius 3 is 3.29 bits per heavy atom.